The summed E-state index contributed by atoms with van der Waals surface area (Å²) in [6.07, 6.45) is 3.62. The van der Waals surface area contributed by atoms with Gasteiger partial charge in [-0.3, -0.25) is 9.59 Å². The highest BCUT2D eigenvalue weighted by Gasteiger charge is 2.39. The number of aromatic nitrogens is 1. The summed E-state index contributed by atoms with van der Waals surface area (Å²) in [7, 11) is 0. The van der Waals surface area contributed by atoms with Crippen molar-refractivity contribution in [2.24, 2.45) is 5.73 Å². The molecule has 2 atom stereocenters. The molecule has 0 aliphatic carbocycles. The molecule has 7 heteroatoms. The minimum Gasteiger partial charge on any atom is -0.383 e. The predicted octanol–water partition coefficient (Wildman–Crippen LogP) is 1.99. The minimum atomic E-state index is -0.602. The van der Waals surface area contributed by atoms with Crippen molar-refractivity contribution in [3.8, 4) is 0 Å². The Labute approximate surface area is 181 Å². The van der Waals surface area contributed by atoms with Crippen molar-refractivity contribution in [3.63, 3.8) is 0 Å². The van der Waals surface area contributed by atoms with Crippen molar-refractivity contribution in [3.05, 3.63) is 71.9 Å². The van der Waals surface area contributed by atoms with Gasteiger partial charge in [0.05, 0.1) is 6.04 Å². The molecule has 0 unspecified atom stereocenters. The Kier molecular flexibility index (Phi) is 6.13. The second-order valence-electron chi connectivity index (χ2n) is 7.94. The van der Waals surface area contributed by atoms with Crippen LogP contribution in [-0.2, 0) is 22.6 Å². The molecule has 0 saturated carbocycles. The monoisotopic (exact) mass is 417 g/mol. The highest BCUT2D eigenvalue weighted by atomic mass is 16.2. The normalized spacial score (nSPS) is 16.5. The van der Waals surface area contributed by atoms with E-state index in [2.05, 4.69) is 10.3 Å². The number of nitrogens with zero attached hydrogens (tertiary/aromatic N) is 2. The van der Waals surface area contributed by atoms with Crippen LogP contribution in [-0.4, -0.2) is 40.3 Å². The molecule has 0 radical (unpaired) electrons. The number of nitrogen functional groups attached to an aromatic ring is 1. The van der Waals surface area contributed by atoms with E-state index >= 15 is 0 Å². The lowest BCUT2D eigenvalue weighted by Crippen LogP contribution is -2.61. The molecule has 0 spiro atoms. The molecule has 1 saturated heterocycles. The van der Waals surface area contributed by atoms with Gasteiger partial charge in [0.15, 0.2) is 0 Å². The van der Waals surface area contributed by atoms with Crippen molar-refractivity contribution in [2.45, 2.75) is 37.9 Å². The van der Waals surface area contributed by atoms with Crippen molar-refractivity contribution in [1.82, 2.24) is 15.2 Å². The van der Waals surface area contributed by atoms with Gasteiger partial charge in [0.25, 0.3) is 0 Å². The molecule has 7 nitrogen and oxygen atoms in total. The maximum Gasteiger partial charge on any atom is 0.243 e. The number of nitrogens with two attached hydrogens (primary N) is 2. The number of anilines is 1. The van der Waals surface area contributed by atoms with Crippen LogP contribution >= 0.6 is 0 Å². The molecular weight excluding hydrogens is 390 g/mol. The van der Waals surface area contributed by atoms with E-state index in [1.807, 2.05) is 54.6 Å². The van der Waals surface area contributed by atoms with Gasteiger partial charge in [0, 0.05) is 24.7 Å². The number of nitrogens with one attached hydrogen (secondary N) is 1. The van der Waals surface area contributed by atoms with Crippen LogP contribution in [0.25, 0.3) is 10.8 Å². The van der Waals surface area contributed by atoms with Crippen LogP contribution in [0, 0.1) is 0 Å². The first-order valence-corrected chi connectivity index (χ1v) is 10.5. The molecule has 4 rings (SSSR count). The van der Waals surface area contributed by atoms with E-state index in [9.17, 15) is 9.59 Å². The average molecular weight is 418 g/mol. The van der Waals surface area contributed by atoms with Gasteiger partial charge in [-0.25, -0.2) is 4.98 Å². The molecule has 2 heterocycles. The van der Waals surface area contributed by atoms with Crippen LogP contribution < -0.4 is 16.8 Å². The Morgan fingerprint density at radius 1 is 1.13 bits per heavy atom. The van der Waals surface area contributed by atoms with Crippen molar-refractivity contribution >= 4 is 28.4 Å². The molecule has 3 aromatic rings. The number of amides is 2. The molecular formula is C24H27N5O2. The van der Waals surface area contributed by atoms with Gasteiger partial charge in [-0.15, -0.1) is 0 Å². The van der Waals surface area contributed by atoms with E-state index in [0.717, 1.165) is 28.3 Å². The SMILES string of the molecule is Nc1nccc2cc(CNC(=O)[C@@H]3CCN3C(=O)[C@H](N)CCc3ccccc3)ccc12. The lowest BCUT2D eigenvalue weighted by atomic mass is 9.98. The third-order valence-electron chi connectivity index (χ3n) is 5.84. The fourth-order valence-electron chi connectivity index (χ4n) is 3.89. The third-order valence-corrected chi connectivity index (χ3v) is 5.84. The predicted molar refractivity (Wildman–Crippen MR) is 121 cm³/mol. The number of likely N-dealkylation sites (tertiary alicyclic amines) is 1. The average Bonchev–Trinajstić information content (AvgIpc) is 2.76. The van der Waals surface area contributed by atoms with Crippen LogP contribution in [0.15, 0.2) is 60.8 Å². The first-order chi connectivity index (χ1) is 15.0. The van der Waals surface area contributed by atoms with Gasteiger partial charge >= 0.3 is 0 Å². The Balaban J connectivity index is 1.30. The second kappa shape index (κ2) is 9.14. The van der Waals surface area contributed by atoms with Gasteiger partial charge in [-0.1, -0.05) is 42.5 Å². The first kappa shape index (κ1) is 20.8. The first-order valence-electron chi connectivity index (χ1n) is 10.5. The quantitative estimate of drug-likeness (QED) is 0.544. The fourth-order valence-corrected chi connectivity index (χ4v) is 3.89. The van der Waals surface area contributed by atoms with Crippen LogP contribution in [0.1, 0.15) is 24.0 Å². The van der Waals surface area contributed by atoms with Gasteiger partial charge in [-0.2, -0.15) is 0 Å². The highest BCUT2D eigenvalue weighted by molar-refractivity contribution is 5.92. The summed E-state index contributed by atoms with van der Waals surface area (Å²) in [4.78, 5) is 31.1. The van der Waals surface area contributed by atoms with Crippen molar-refractivity contribution in [2.75, 3.05) is 12.3 Å². The molecule has 31 heavy (non-hydrogen) atoms. The number of aryl methyl sites for hydroxylation is 1. The summed E-state index contributed by atoms with van der Waals surface area (Å²) < 4.78 is 0. The van der Waals surface area contributed by atoms with E-state index in [-0.39, 0.29) is 11.8 Å². The van der Waals surface area contributed by atoms with Crippen LogP contribution in [0.3, 0.4) is 0 Å². The van der Waals surface area contributed by atoms with E-state index in [1.54, 1.807) is 11.1 Å². The molecule has 1 aliphatic rings. The van der Waals surface area contributed by atoms with Gasteiger partial charge < -0.3 is 21.7 Å². The number of benzene rings is 2. The summed E-state index contributed by atoms with van der Waals surface area (Å²) in [6.45, 7) is 0.952. The zero-order valence-electron chi connectivity index (χ0n) is 17.3. The highest BCUT2D eigenvalue weighted by Crippen LogP contribution is 2.22. The molecule has 1 aromatic heterocycles. The smallest absolute Gasteiger partial charge is 0.243 e. The summed E-state index contributed by atoms with van der Waals surface area (Å²) in [6, 6.07) is 16.6. The lowest BCUT2D eigenvalue weighted by molar-refractivity contribution is -0.148. The Morgan fingerprint density at radius 3 is 2.68 bits per heavy atom. The topological polar surface area (TPSA) is 114 Å². The molecule has 5 N–H and O–H groups in total. The fraction of sp³-hybridized carbons (Fsp3) is 0.292. The largest absolute Gasteiger partial charge is 0.383 e. The van der Waals surface area contributed by atoms with E-state index in [1.165, 1.54) is 0 Å². The van der Waals surface area contributed by atoms with Gasteiger partial charge in [-0.05, 0) is 47.9 Å². The minimum absolute atomic E-state index is 0.149. The lowest BCUT2D eigenvalue weighted by Gasteiger charge is -2.41. The number of hydrogen-bond acceptors (Lipinski definition) is 5. The molecule has 2 aromatic carbocycles. The maximum absolute atomic E-state index is 12.7. The van der Waals surface area contributed by atoms with Gasteiger partial charge in [0.2, 0.25) is 11.8 Å². The zero-order chi connectivity index (χ0) is 21.8. The van der Waals surface area contributed by atoms with E-state index in [4.69, 9.17) is 11.5 Å². The number of pyridine rings is 1. The number of carbonyl (C=O) groups excluding carboxylic acids is 2. The van der Waals surface area contributed by atoms with Crippen molar-refractivity contribution in [1.29, 1.82) is 0 Å². The van der Waals surface area contributed by atoms with E-state index in [0.29, 0.717) is 31.7 Å². The Morgan fingerprint density at radius 2 is 1.94 bits per heavy atom. The molecule has 160 valence electrons. The van der Waals surface area contributed by atoms with Crippen LogP contribution in [0.4, 0.5) is 5.82 Å². The summed E-state index contributed by atoms with van der Waals surface area (Å²) in [5, 5.41) is 4.80. The molecule has 0 bridgehead atoms. The van der Waals surface area contributed by atoms with Crippen LogP contribution in [0.2, 0.25) is 0 Å². The van der Waals surface area contributed by atoms with Crippen molar-refractivity contribution < 1.29 is 9.59 Å². The third kappa shape index (κ3) is 4.67. The maximum atomic E-state index is 12.7. The summed E-state index contributed by atoms with van der Waals surface area (Å²) in [5.74, 6) is 0.181. The summed E-state index contributed by atoms with van der Waals surface area (Å²) in [5.41, 5.74) is 14.1. The number of carbonyl (C=O) groups is 2. The number of rotatable bonds is 7. The molecule has 2 amide bonds. The second-order valence-corrected chi connectivity index (χ2v) is 7.94. The summed E-state index contributed by atoms with van der Waals surface area (Å²) >= 11 is 0. The zero-order valence-corrected chi connectivity index (χ0v) is 17.3. The van der Waals surface area contributed by atoms with Crippen LogP contribution in [0.5, 0.6) is 0 Å². The van der Waals surface area contributed by atoms with E-state index < -0.39 is 12.1 Å². The molecule has 1 aliphatic heterocycles. The Hall–Kier alpha value is -3.45. The number of fused-ring (bicyclic) bond motifs is 1. The molecule has 1 fully saturated rings. The number of hydrogen-bond donors (Lipinski definition) is 3. The standard InChI is InChI=1S/C24H27N5O2/c25-20(9-7-16-4-2-1-3-5-16)24(31)29-13-11-21(29)23(30)28-15-17-6-8-19-18(14-17)10-12-27-22(19)26/h1-6,8,10,12,14,20-21H,7,9,11,13,15,25H2,(H2,26,27)(H,28,30)/t20-,21+/m1/s1. The Bertz CT molecular complexity index is 1090. The van der Waals surface area contributed by atoms with Gasteiger partial charge in [0.1, 0.15) is 11.9 Å².